The molecule has 1 aliphatic rings. The van der Waals surface area contributed by atoms with Crippen LogP contribution in [0.5, 0.6) is 5.75 Å². The zero-order valence-corrected chi connectivity index (χ0v) is 14.3. The minimum absolute atomic E-state index is 0.112. The first-order chi connectivity index (χ1) is 13.0. The number of hydrogen-bond acceptors (Lipinski definition) is 5. The van der Waals surface area contributed by atoms with Gasteiger partial charge >= 0.3 is 0 Å². The number of hydrogen-bond donors (Lipinski definition) is 0. The Morgan fingerprint density at radius 3 is 2.26 bits per heavy atom. The van der Waals surface area contributed by atoms with Crippen LogP contribution in [0, 0.1) is 10.1 Å². The molecule has 0 fully saturated rings. The summed E-state index contributed by atoms with van der Waals surface area (Å²) in [7, 11) is 0. The monoisotopic (exact) mass is 362 g/mol. The van der Waals surface area contributed by atoms with Crippen LogP contribution in [0.3, 0.4) is 0 Å². The summed E-state index contributed by atoms with van der Waals surface area (Å²) < 4.78 is 5.62. The average Bonchev–Trinajstić information content (AvgIpc) is 2.67. The number of imide groups is 1. The first-order valence-corrected chi connectivity index (χ1v) is 8.34. The molecule has 1 aliphatic heterocycles. The van der Waals surface area contributed by atoms with Crippen LogP contribution in [0.15, 0.2) is 54.6 Å². The van der Waals surface area contributed by atoms with Gasteiger partial charge < -0.3 is 4.74 Å². The highest BCUT2D eigenvalue weighted by Crippen LogP contribution is 2.37. The second-order valence-electron chi connectivity index (χ2n) is 5.99. The van der Waals surface area contributed by atoms with E-state index < -0.39 is 16.7 Å². The molecule has 0 spiro atoms. The highest BCUT2D eigenvalue weighted by atomic mass is 16.6. The van der Waals surface area contributed by atoms with Gasteiger partial charge in [0.25, 0.3) is 17.5 Å². The summed E-state index contributed by atoms with van der Waals surface area (Å²) in [6.45, 7) is 2.33. The lowest BCUT2D eigenvalue weighted by Gasteiger charge is -2.27. The van der Waals surface area contributed by atoms with Gasteiger partial charge in [-0.25, -0.2) is 4.90 Å². The molecule has 2 amide bonds. The summed E-state index contributed by atoms with van der Waals surface area (Å²) >= 11 is 0. The van der Waals surface area contributed by atoms with E-state index in [2.05, 4.69) is 0 Å². The number of ether oxygens (including phenoxy) is 1. The molecule has 0 aromatic heterocycles. The number of non-ortho nitro benzene ring substituents is 1. The van der Waals surface area contributed by atoms with Gasteiger partial charge in [-0.15, -0.1) is 0 Å². The molecule has 7 heteroatoms. The highest BCUT2D eigenvalue weighted by Gasteiger charge is 2.34. The zero-order valence-electron chi connectivity index (χ0n) is 14.3. The summed E-state index contributed by atoms with van der Waals surface area (Å²) in [6.07, 6.45) is 0. The number of nitro benzene ring substituents is 1. The number of nitro groups is 1. The van der Waals surface area contributed by atoms with E-state index in [1.54, 1.807) is 24.3 Å². The van der Waals surface area contributed by atoms with E-state index in [4.69, 9.17) is 4.74 Å². The molecule has 0 aliphatic carbocycles. The molecular weight excluding hydrogens is 348 g/mol. The Kier molecular flexibility index (Phi) is 3.84. The van der Waals surface area contributed by atoms with E-state index in [1.165, 1.54) is 24.3 Å². The molecule has 0 bridgehead atoms. The molecule has 4 rings (SSSR count). The second-order valence-corrected chi connectivity index (χ2v) is 5.99. The van der Waals surface area contributed by atoms with Crippen molar-refractivity contribution in [1.82, 2.24) is 0 Å². The SMILES string of the molecule is CCOc1ccc2c3c(cccc13)C(=O)N(c1ccc([N+](=O)[O-])cc1)C2=O. The van der Waals surface area contributed by atoms with Crippen LogP contribution in [0.1, 0.15) is 27.6 Å². The van der Waals surface area contributed by atoms with Crippen molar-refractivity contribution < 1.29 is 19.2 Å². The van der Waals surface area contributed by atoms with E-state index in [1.807, 2.05) is 13.0 Å². The van der Waals surface area contributed by atoms with E-state index >= 15 is 0 Å². The molecule has 0 unspecified atom stereocenters. The number of carbonyl (C=O) groups is 2. The van der Waals surface area contributed by atoms with Gasteiger partial charge in [0, 0.05) is 34.0 Å². The lowest BCUT2D eigenvalue weighted by Crippen LogP contribution is -2.40. The highest BCUT2D eigenvalue weighted by molar-refractivity contribution is 6.36. The number of rotatable bonds is 4. The minimum atomic E-state index is -0.533. The van der Waals surface area contributed by atoms with E-state index in [9.17, 15) is 19.7 Å². The Hall–Kier alpha value is -3.74. The van der Waals surface area contributed by atoms with Crippen molar-refractivity contribution in [3.8, 4) is 5.75 Å². The van der Waals surface area contributed by atoms with Gasteiger partial charge in [0.2, 0.25) is 0 Å². The zero-order chi connectivity index (χ0) is 19.1. The summed E-state index contributed by atoms with van der Waals surface area (Å²) in [6, 6.07) is 13.9. The summed E-state index contributed by atoms with van der Waals surface area (Å²) in [4.78, 5) is 37.4. The van der Waals surface area contributed by atoms with Gasteiger partial charge in [-0.2, -0.15) is 0 Å². The number of nitrogens with zero attached hydrogens (tertiary/aromatic N) is 2. The minimum Gasteiger partial charge on any atom is -0.493 e. The summed E-state index contributed by atoms with van der Waals surface area (Å²) in [5.74, 6) is -0.330. The van der Waals surface area contributed by atoms with Crippen LogP contribution in [-0.4, -0.2) is 23.3 Å². The Balaban J connectivity index is 1.87. The van der Waals surface area contributed by atoms with Crippen LogP contribution in [0.25, 0.3) is 10.8 Å². The largest absolute Gasteiger partial charge is 0.493 e. The first kappa shape index (κ1) is 16.7. The Labute approximate surface area is 153 Å². The molecule has 0 radical (unpaired) electrons. The van der Waals surface area contributed by atoms with Crippen LogP contribution < -0.4 is 9.64 Å². The lowest BCUT2D eigenvalue weighted by molar-refractivity contribution is -0.384. The van der Waals surface area contributed by atoms with Crippen molar-refractivity contribution >= 4 is 34.0 Å². The van der Waals surface area contributed by atoms with Gasteiger partial charge in [-0.05, 0) is 37.3 Å². The van der Waals surface area contributed by atoms with E-state index in [0.29, 0.717) is 34.3 Å². The molecular formula is C20H14N2O5. The first-order valence-electron chi connectivity index (χ1n) is 8.34. The molecule has 0 atom stereocenters. The maximum atomic E-state index is 13.0. The van der Waals surface area contributed by atoms with Gasteiger partial charge in [0.15, 0.2) is 0 Å². The van der Waals surface area contributed by atoms with Gasteiger partial charge in [0.05, 0.1) is 17.2 Å². The van der Waals surface area contributed by atoms with Crippen molar-refractivity contribution in [2.24, 2.45) is 0 Å². The van der Waals surface area contributed by atoms with Crippen molar-refractivity contribution in [2.45, 2.75) is 6.92 Å². The molecule has 1 heterocycles. The average molecular weight is 362 g/mol. The Morgan fingerprint density at radius 2 is 1.63 bits per heavy atom. The number of benzene rings is 3. The normalized spacial score (nSPS) is 13.1. The fourth-order valence-electron chi connectivity index (χ4n) is 3.31. The second kappa shape index (κ2) is 6.21. The van der Waals surface area contributed by atoms with Crippen LogP contribution in [-0.2, 0) is 0 Å². The number of anilines is 1. The molecule has 3 aromatic rings. The summed E-state index contributed by atoms with van der Waals surface area (Å²) in [5.41, 5.74) is 0.954. The number of carbonyl (C=O) groups excluding carboxylic acids is 2. The third-order valence-electron chi connectivity index (χ3n) is 4.49. The lowest BCUT2D eigenvalue weighted by atomic mass is 9.93. The predicted octanol–water partition coefficient (Wildman–Crippen LogP) is 3.95. The molecule has 0 N–H and O–H groups in total. The van der Waals surface area contributed by atoms with Crippen LogP contribution in [0.2, 0.25) is 0 Å². The smallest absolute Gasteiger partial charge is 0.269 e. The topological polar surface area (TPSA) is 89.8 Å². The third-order valence-corrected chi connectivity index (χ3v) is 4.49. The van der Waals surface area contributed by atoms with Gasteiger partial charge in [-0.3, -0.25) is 19.7 Å². The van der Waals surface area contributed by atoms with Crippen LogP contribution >= 0.6 is 0 Å². The van der Waals surface area contributed by atoms with Gasteiger partial charge in [0.1, 0.15) is 5.75 Å². The fourth-order valence-corrected chi connectivity index (χ4v) is 3.31. The summed E-state index contributed by atoms with van der Waals surface area (Å²) in [5, 5.41) is 12.1. The fraction of sp³-hybridized carbons (Fsp3) is 0.100. The van der Waals surface area contributed by atoms with Crippen molar-refractivity contribution in [3.63, 3.8) is 0 Å². The molecule has 134 valence electrons. The van der Waals surface area contributed by atoms with Crippen LogP contribution in [0.4, 0.5) is 11.4 Å². The quantitative estimate of drug-likeness (QED) is 0.398. The van der Waals surface area contributed by atoms with E-state index in [-0.39, 0.29) is 11.4 Å². The molecule has 0 saturated carbocycles. The Bertz CT molecular complexity index is 1080. The predicted molar refractivity (Wildman–Crippen MR) is 99.4 cm³/mol. The van der Waals surface area contributed by atoms with Gasteiger partial charge in [-0.1, -0.05) is 12.1 Å². The molecule has 3 aromatic carbocycles. The van der Waals surface area contributed by atoms with Crippen molar-refractivity contribution in [2.75, 3.05) is 11.5 Å². The number of amides is 2. The molecule has 0 saturated heterocycles. The Morgan fingerprint density at radius 1 is 0.963 bits per heavy atom. The van der Waals surface area contributed by atoms with Crippen molar-refractivity contribution in [1.29, 1.82) is 0 Å². The van der Waals surface area contributed by atoms with Crippen molar-refractivity contribution in [3.05, 3.63) is 75.8 Å². The third kappa shape index (κ3) is 2.52. The van der Waals surface area contributed by atoms with E-state index in [0.717, 1.165) is 4.90 Å². The maximum Gasteiger partial charge on any atom is 0.269 e. The maximum absolute atomic E-state index is 13.0. The standard InChI is InChI=1S/C20H14N2O5/c1-2-27-17-11-10-16-18-14(17)4-3-5-15(18)19(23)21(20(16)24)12-6-8-13(9-7-12)22(25)26/h3-11H,2H2,1H3. The molecule has 27 heavy (non-hydrogen) atoms. The molecule has 7 nitrogen and oxygen atoms in total.